The van der Waals surface area contributed by atoms with Crippen LogP contribution in [0.2, 0.25) is 0 Å². The number of benzene rings is 2. The zero-order valence-electron chi connectivity index (χ0n) is 18.5. The van der Waals surface area contributed by atoms with Crippen molar-refractivity contribution < 1.29 is 43.2 Å². The van der Waals surface area contributed by atoms with E-state index in [1.54, 1.807) is 18.2 Å². The van der Waals surface area contributed by atoms with Gasteiger partial charge in [0.15, 0.2) is 29.6 Å². The van der Waals surface area contributed by atoms with Crippen molar-refractivity contribution in [2.24, 2.45) is 0 Å². The summed E-state index contributed by atoms with van der Waals surface area (Å²) in [4.78, 5) is 50.1. The molecule has 2 aliphatic rings. The largest absolute Gasteiger partial charge is 0.493 e. The lowest BCUT2D eigenvalue weighted by atomic mass is 10.0. The van der Waals surface area contributed by atoms with E-state index < -0.39 is 30.4 Å². The van der Waals surface area contributed by atoms with Crippen molar-refractivity contribution in [3.8, 4) is 23.0 Å². The molecular formula is C24H20N2O9. The van der Waals surface area contributed by atoms with Crippen LogP contribution in [-0.4, -0.2) is 49.4 Å². The van der Waals surface area contributed by atoms with Crippen molar-refractivity contribution in [3.63, 3.8) is 0 Å². The van der Waals surface area contributed by atoms with Crippen LogP contribution in [0.15, 0.2) is 48.6 Å². The number of methoxy groups -OCH3 is 1. The molecule has 2 N–H and O–H groups in total. The predicted molar refractivity (Wildman–Crippen MR) is 122 cm³/mol. The molecule has 35 heavy (non-hydrogen) atoms. The van der Waals surface area contributed by atoms with Crippen LogP contribution in [0, 0.1) is 0 Å². The lowest BCUT2D eigenvalue weighted by molar-refractivity contribution is -0.139. The molecule has 1 fully saturated rings. The lowest BCUT2D eigenvalue weighted by Gasteiger charge is -2.26. The van der Waals surface area contributed by atoms with Gasteiger partial charge >= 0.3 is 12.0 Å². The molecular weight excluding hydrogens is 460 g/mol. The van der Waals surface area contributed by atoms with Gasteiger partial charge in [0.2, 0.25) is 6.79 Å². The molecule has 1 saturated heterocycles. The van der Waals surface area contributed by atoms with Crippen molar-refractivity contribution in [1.29, 1.82) is 0 Å². The second-order valence-corrected chi connectivity index (χ2v) is 7.38. The summed E-state index contributed by atoms with van der Waals surface area (Å²) in [6, 6.07) is 6.71. The number of hydrogen-bond acceptors (Lipinski definition) is 8. The third kappa shape index (κ3) is 4.64. The lowest BCUT2D eigenvalue weighted by Crippen LogP contribution is -2.54. The van der Waals surface area contributed by atoms with Crippen LogP contribution in [0.3, 0.4) is 0 Å². The normalized spacial score (nSPS) is 15.7. The summed E-state index contributed by atoms with van der Waals surface area (Å²) in [5.41, 5.74) is 0.810. The summed E-state index contributed by atoms with van der Waals surface area (Å²) in [7, 11) is 1.37. The number of carboxylic acid groups (broad SMARTS) is 1. The number of rotatable bonds is 8. The predicted octanol–water partition coefficient (Wildman–Crippen LogP) is 2.28. The molecule has 0 aliphatic carbocycles. The fraction of sp³-hybridized carbons (Fsp3) is 0.167. The van der Waals surface area contributed by atoms with Gasteiger partial charge in [0.1, 0.15) is 5.57 Å². The Morgan fingerprint density at radius 2 is 1.97 bits per heavy atom. The first-order valence-electron chi connectivity index (χ1n) is 10.3. The molecule has 2 aromatic carbocycles. The molecule has 11 nitrogen and oxygen atoms in total. The highest BCUT2D eigenvalue weighted by molar-refractivity contribution is 6.39. The first kappa shape index (κ1) is 23.4. The number of nitrogens with one attached hydrogen (secondary N) is 1. The Morgan fingerprint density at radius 1 is 1.20 bits per heavy atom. The van der Waals surface area contributed by atoms with Crippen LogP contribution < -0.4 is 29.2 Å². The molecule has 180 valence electrons. The van der Waals surface area contributed by atoms with Gasteiger partial charge in [-0.05, 0) is 42.3 Å². The first-order chi connectivity index (χ1) is 16.8. The molecule has 0 unspecified atom stereocenters. The number of fused-ring (bicyclic) bond motifs is 1. The fourth-order valence-electron chi connectivity index (χ4n) is 3.61. The second-order valence-electron chi connectivity index (χ2n) is 7.38. The van der Waals surface area contributed by atoms with Crippen molar-refractivity contribution in [2.45, 2.75) is 6.42 Å². The summed E-state index contributed by atoms with van der Waals surface area (Å²) >= 11 is 0. The Balaban J connectivity index is 1.73. The molecule has 2 heterocycles. The number of aliphatic carboxylic acids is 1. The van der Waals surface area contributed by atoms with Crippen molar-refractivity contribution in [3.05, 3.63) is 59.7 Å². The fourth-order valence-corrected chi connectivity index (χ4v) is 3.61. The Morgan fingerprint density at radius 3 is 2.69 bits per heavy atom. The third-order valence-electron chi connectivity index (χ3n) is 5.11. The van der Waals surface area contributed by atoms with Gasteiger partial charge in [-0.15, -0.1) is 6.58 Å². The highest BCUT2D eigenvalue weighted by Crippen LogP contribution is 2.37. The molecule has 0 bridgehead atoms. The van der Waals surface area contributed by atoms with Gasteiger partial charge < -0.3 is 24.1 Å². The number of urea groups is 1. The van der Waals surface area contributed by atoms with E-state index in [2.05, 4.69) is 11.9 Å². The van der Waals surface area contributed by atoms with Gasteiger partial charge in [0.05, 0.1) is 12.8 Å². The Bertz CT molecular complexity index is 1280. The number of amides is 4. The third-order valence-corrected chi connectivity index (χ3v) is 5.11. The average Bonchev–Trinajstić information content (AvgIpc) is 3.28. The van der Waals surface area contributed by atoms with E-state index in [1.807, 2.05) is 0 Å². The SMILES string of the molecule is C=CCc1cc(C=C2C(=O)NC(=O)N(c3ccc4c(c3)OCO4)C2=O)cc(OC)c1OCC(=O)O. The zero-order chi connectivity index (χ0) is 25.1. The zero-order valence-corrected chi connectivity index (χ0v) is 18.5. The maximum absolute atomic E-state index is 13.2. The standard InChI is InChI=1S/C24H20N2O9/c1-3-4-14-7-13(9-19(32-2)21(14)33-11-20(27)28)8-16-22(29)25-24(31)26(23(16)30)15-5-6-17-18(10-15)35-12-34-17/h3,5-10H,1,4,11-12H2,2H3,(H,27,28)(H,25,29,31). The van der Waals surface area contributed by atoms with E-state index in [4.69, 9.17) is 24.1 Å². The number of carbonyl (C=O) groups excluding carboxylic acids is 3. The van der Waals surface area contributed by atoms with Crippen LogP contribution >= 0.6 is 0 Å². The van der Waals surface area contributed by atoms with Crippen molar-refractivity contribution in [1.82, 2.24) is 5.32 Å². The number of carboxylic acids is 1. The molecule has 0 aromatic heterocycles. The smallest absolute Gasteiger partial charge is 0.341 e. The molecule has 4 rings (SSSR count). The maximum atomic E-state index is 13.2. The summed E-state index contributed by atoms with van der Waals surface area (Å²) in [6.45, 7) is 3.11. The van der Waals surface area contributed by atoms with Crippen molar-refractivity contribution >= 4 is 35.6 Å². The minimum absolute atomic E-state index is 0.0175. The number of anilines is 1. The Hall–Kier alpha value is -4.80. The van der Waals surface area contributed by atoms with E-state index in [-0.39, 0.29) is 29.6 Å². The molecule has 0 saturated carbocycles. The average molecular weight is 480 g/mol. The monoisotopic (exact) mass is 480 g/mol. The topological polar surface area (TPSA) is 141 Å². The van der Waals surface area contributed by atoms with Gasteiger partial charge in [0.25, 0.3) is 11.8 Å². The summed E-state index contributed by atoms with van der Waals surface area (Å²) in [6.07, 6.45) is 3.18. The summed E-state index contributed by atoms with van der Waals surface area (Å²) in [5, 5.41) is 11.1. The number of imide groups is 2. The number of ether oxygens (including phenoxy) is 4. The Labute approximate surface area is 199 Å². The first-order valence-corrected chi connectivity index (χ1v) is 10.3. The van der Waals surface area contributed by atoms with Crippen LogP contribution in [0.25, 0.3) is 6.08 Å². The summed E-state index contributed by atoms with van der Waals surface area (Å²) in [5.74, 6) is -1.64. The van der Waals surface area contributed by atoms with Crippen LogP contribution in [-0.2, 0) is 20.8 Å². The minimum Gasteiger partial charge on any atom is -0.493 e. The van der Waals surface area contributed by atoms with Gasteiger partial charge in [-0.2, -0.15) is 0 Å². The van der Waals surface area contributed by atoms with E-state index in [0.717, 1.165) is 4.90 Å². The van der Waals surface area contributed by atoms with Crippen molar-refractivity contribution in [2.75, 3.05) is 25.4 Å². The van der Waals surface area contributed by atoms with Gasteiger partial charge in [-0.25, -0.2) is 14.5 Å². The molecule has 2 aromatic rings. The van der Waals surface area contributed by atoms with Crippen LogP contribution in [0.5, 0.6) is 23.0 Å². The van der Waals surface area contributed by atoms with Crippen LogP contribution in [0.4, 0.5) is 10.5 Å². The highest BCUT2D eigenvalue weighted by atomic mass is 16.7. The van der Waals surface area contributed by atoms with Gasteiger partial charge in [0, 0.05) is 11.6 Å². The van der Waals surface area contributed by atoms with E-state index in [9.17, 15) is 19.2 Å². The molecule has 11 heteroatoms. The quantitative estimate of drug-likeness (QED) is 0.331. The second kappa shape index (κ2) is 9.59. The number of nitrogens with zero attached hydrogens (tertiary/aromatic N) is 1. The number of hydrogen-bond donors (Lipinski definition) is 2. The maximum Gasteiger partial charge on any atom is 0.341 e. The van der Waals surface area contributed by atoms with Crippen LogP contribution in [0.1, 0.15) is 11.1 Å². The molecule has 0 atom stereocenters. The Kier molecular flexibility index (Phi) is 6.40. The highest BCUT2D eigenvalue weighted by Gasteiger charge is 2.37. The minimum atomic E-state index is -1.17. The molecule has 0 radical (unpaired) electrons. The van der Waals surface area contributed by atoms with Gasteiger partial charge in [-0.1, -0.05) is 6.08 Å². The molecule has 0 spiro atoms. The molecule has 4 amide bonds. The van der Waals surface area contributed by atoms with E-state index in [1.165, 1.54) is 31.4 Å². The number of carbonyl (C=O) groups is 4. The van der Waals surface area contributed by atoms with E-state index in [0.29, 0.717) is 29.0 Å². The molecule has 2 aliphatic heterocycles. The van der Waals surface area contributed by atoms with E-state index >= 15 is 0 Å². The summed E-state index contributed by atoms with van der Waals surface area (Å²) < 4.78 is 21.3. The number of allylic oxidation sites excluding steroid dienone is 1. The number of barbiturate groups is 1. The van der Waals surface area contributed by atoms with Gasteiger partial charge in [-0.3, -0.25) is 14.9 Å².